The van der Waals surface area contributed by atoms with Crippen LogP contribution in [0.1, 0.15) is 31.4 Å². The van der Waals surface area contributed by atoms with E-state index < -0.39 is 0 Å². The predicted molar refractivity (Wildman–Crippen MR) is 95.3 cm³/mol. The smallest absolute Gasteiger partial charge is 0.129 e. The summed E-state index contributed by atoms with van der Waals surface area (Å²) in [7, 11) is 4.00. The van der Waals surface area contributed by atoms with Crippen molar-refractivity contribution in [3.05, 3.63) is 30.0 Å². The number of ether oxygens (including phenoxy) is 1. The first-order chi connectivity index (χ1) is 11.2. The van der Waals surface area contributed by atoms with E-state index in [9.17, 15) is 0 Å². The Balaban J connectivity index is 1.78. The summed E-state index contributed by atoms with van der Waals surface area (Å²) >= 11 is 0. The molecular formula is C19H25N3O. The van der Waals surface area contributed by atoms with Crippen LogP contribution in [0.4, 0.5) is 11.4 Å². The lowest BCUT2D eigenvalue weighted by atomic mass is 10.1. The number of hydrogen-bond acceptors (Lipinski definition) is 4. The maximum Gasteiger partial charge on any atom is 0.129 e. The van der Waals surface area contributed by atoms with E-state index in [1.165, 1.54) is 36.0 Å². The molecule has 1 aliphatic heterocycles. The zero-order chi connectivity index (χ0) is 16.0. The molecule has 2 heterocycles. The third-order valence-electron chi connectivity index (χ3n) is 5.18. The lowest BCUT2D eigenvalue weighted by Crippen LogP contribution is -2.30. The number of hydrogen-bond donors (Lipinski definition) is 0. The van der Waals surface area contributed by atoms with Crippen LogP contribution in [0.25, 0.3) is 10.9 Å². The predicted octanol–water partition coefficient (Wildman–Crippen LogP) is 3.71. The Morgan fingerprint density at radius 1 is 1.22 bits per heavy atom. The Morgan fingerprint density at radius 2 is 2.04 bits per heavy atom. The minimum absolute atomic E-state index is 0.189. The van der Waals surface area contributed by atoms with Gasteiger partial charge in [0.25, 0.3) is 0 Å². The van der Waals surface area contributed by atoms with E-state index >= 15 is 0 Å². The number of aryl methyl sites for hydroxylation is 1. The summed E-state index contributed by atoms with van der Waals surface area (Å²) in [6, 6.07) is 9.62. The van der Waals surface area contributed by atoms with E-state index in [1.54, 1.807) is 0 Å². The summed E-state index contributed by atoms with van der Waals surface area (Å²) in [5, 5.41) is 1.23. The number of nitrogens with zero attached hydrogens (tertiary/aromatic N) is 3. The molecule has 4 nitrogen and oxygen atoms in total. The largest absolute Gasteiger partial charge is 0.372 e. The van der Waals surface area contributed by atoms with Crippen LogP contribution in [0.15, 0.2) is 24.3 Å². The first-order valence-electron chi connectivity index (χ1n) is 8.61. The van der Waals surface area contributed by atoms with Crippen molar-refractivity contribution in [2.24, 2.45) is 0 Å². The number of rotatable bonds is 4. The van der Waals surface area contributed by atoms with Gasteiger partial charge in [-0.3, -0.25) is 4.98 Å². The number of anilines is 2. The molecule has 0 bridgehead atoms. The van der Waals surface area contributed by atoms with Gasteiger partial charge in [0.2, 0.25) is 0 Å². The third-order valence-corrected chi connectivity index (χ3v) is 5.18. The average Bonchev–Trinajstić information content (AvgIpc) is 3.30. The molecule has 4 heteroatoms. The van der Waals surface area contributed by atoms with Crippen LogP contribution in [0, 0.1) is 6.92 Å². The number of pyridine rings is 1. The molecule has 1 atom stereocenters. The van der Waals surface area contributed by atoms with Crippen LogP contribution in [0.5, 0.6) is 0 Å². The molecule has 122 valence electrons. The number of aromatic nitrogens is 1. The molecule has 2 aromatic rings. The molecule has 1 aromatic carbocycles. The monoisotopic (exact) mass is 311 g/mol. The SMILES string of the molecule is COC1CCCN1c1cc(C)nc2cc(N(C)C3CC3)ccc12. The summed E-state index contributed by atoms with van der Waals surface area (Å²) in [6.07, 6.45) is 5.09. The van der Waals surface area contributed by atoms with Gasteiger partial charge in [0.15, 0.2) is 0 Å². The Labute approximate surface area is 138 Å². The molecule has 1 aromatic heterocycles. The fourth-order valence-electron chi connectivity index (χ4n) is 3.71. The van der Waals surface area contributed by atoms with E-state index in [1.807, 2.05) is 7.11 Å². The second-order valence-electron chi connectivity index (χ2n) is 6.85. The van der Waals surface area contributed by atoms with Crippen molar-refractivity contribution in [3.8, 4) is 0 Å². The van der Waals surface area contributed by atoms with Gasteiger partial charge < -0.3 is 14.5 Å². The molecule has 0 spiro atoms. The maximum atomic E-state index is 5.67. The van der Waals surface area contributed by atoms with Gasteiger partial charge in [0.05, 0.1) is 5.52 Å². The topological polar surface area (TPSA) is 28.6 Å². The van der Waals surface area contributed by atoms with Crippen LogP contribution < -0.4 is 9.80 Å². The fourth-order valence-corrected chi connectivity index (χ4v) is 3.71. The Bertz CT molecular complexity index is 726. The Kier molecular flexibility index (Phi) is 3.64. The Hall–Kier alpha value is -1.81. The van der Waals surface area contributed by atoms with Gasteiger partial charge in [-0.2, -0.15) is 0 Å². The van der Waals surface area contributed by atoms with E-state index in [-0.39, 0.29) is 6.23 Å². The quantitative estimate of drug-likeness (QED) is 0.860. The van der Waals surface area contributed by atoms with Crippen molar-refractivity contribution in [1.29, 1.82) is 0 Å². The highest BCUT2D eigenvalue weighted by molar-refractivity contribution is 5.94. The standard InChI is InChI=1S/C19H25N3O/c1-13-11-18(22-10-4-5-19(22)23-3)16-9-8-15(12-17(16)20-13)21(2)14-6-7-14/h8-9,11-12,14,19H,4-7,10H2,1-3H3. The van der Waals surface area contributed by atoms with Gasteiger partial charge in [-0.25, -0.2) is 0 Å². The summed E-state index contributed by atoms with van der Waals surface area (Å²) in [6.45, 7) is 3.14. The summed E-state index contributed by atoms with van der Waals surface area (Å²) < 4.78 is 5.67. The summed E-state index contributed by atoms with van der Waals surface area (Å²) in [5.74, 6) is 0. The van der Waals surface area contributed by atoms with Crippen LogP contribution in [0.3, 0.4) is 0 Å². The van der Waals surface area contributed by atoms with Crippen LogP contribution in [0.2, 0.25) is 0 Å². The lowest BCUT2D eigenvalue weighted by Gasteiger charge is -2.27. The van der Waals surface area contributed by atoms with Crippen molar-refractivity contribution in [1.82, 2.24) is 4.98 Å². The van der Waals surface area contributed by atoms with Gasteiger partial charge in [-0.15, -0.1) is 0 Å². The maximum absolute atomic E-state index is 5.67. The van der Waals surface area contributed by atoms with Crippen LogP contribution in [-0.2, 0) is 4.74 Å². The van der Waals surface area contributed by atoms with Gasteiger partial charge >= 0.3 is 0 Å². The highest BCUT2D eigenvalue weighted by Gasteiger charge is 2.28. The molecule has 0 amide bonds. The van der Waals surface area contributed by atoms with Crippen molar-refractivity contribution in [3.63, 3.8) is 0 Å². The minimum atomic E-state index is 0.189. The molecule has 1 saturated carbocycles. The molecule has 1 aliphatic carbocycles. The van der Waals surface area contributed by atoms with Gasteiger partial charge in [-0.1, -0.05) is 0 Å². The minimum Gasteiger partial charge on any atom is -0.372 e. The van der Waals surface area contributed by atoms with Crippen LogP contribution >= 0.6 is 0 Å². The highest BCUT2D eigenvalue weighted by Crippen LogP contribution is 2.36. The van der Waals surface area contributed by atoms with E-state index in [0.717, 1.165) is 24.2 Å². The number of methoxy groups -OCH3 is 1. The molecule has 1 saturated heterocycles. The van der Waals surface area contributed by atoms with E-state index in [4.69, 9.17) is 9.72 Å². The first kappa shape index (κ1) is 14.8. The third kappa shape index (κ3) is 2.65. The highest BCUT2D eigenvalue weighted by atomic mass is 16.5. The van der Waals surface area contributed by atoms with E-state index in [2.05, 4.69) is 48.0 Å². The first-order valence-corrected chi connectivity index (χ1v) is 8.61. The average molecular weight is 311 g/mol. The summed E-state index contributed by atoms with van der Waals surface area (Å²) in [5.41, 5.74) is 4.69. The zero-order valence-corrected chi connectivity index (χ0v) is 14.2. The Morgan fingerprint density at radius 3 is 2.78 bits per heavy atom. The lowest BCUT2D eigenvalue weighted by molar-refractivity contribution is 0.111. The molecule has 0 radical (unpaired) electrons. The van der Waals surface area contributed by atoms with Gasteiger partial charge in [-0.05, 0) is 56.9 Å². The van der Waals surface area contributed by atoms with Gasteiger partial charge in [0.1, 0.15) is 6.23 Å². The molecule has 2 aliphatic rings. The normalized spacial score (nSPS) is 21.2. The van der Waals surface area contributed by atoms with Crippen molar-refractivity contribution >= 4 is 22.3 Å². The molecular weight excluding hydrogens is 286 g/mol. The second-order valence-corrected chi connectivity index (χ2v) is 6.85. The molecule has 1 unspecified atom stereocenters. The van der Waals surface area contributed by atoms with E-state index in [0.29, 0.717) is 6.04 Å². The van der Waals surface area contributed by atoms with Crippen LogP contribution in [-0.4, -0.2) is 38.0 Å². The fraction of sp³-hybridized carbons (Fsp3) is 0.526. The second kappa shape index (κ2) is 5.68. The summed E-state index contributed by atoms with van der Waals surface area (Å²) in [4.78, 5) is 9.56. The molecule has 23 heavy (non-hydrogen) atoms. The van der Waals surface area contributed by atoms with Gasteiger partial charge in [0, 0.05) is 49.2 Å². The number of benzene rings is 1. The molecule has 4 rings (SSSR count). The molecule has 0 N–H and O–H groups in total. The van der Waals surface area contributed by atoms with Crippen molar-refractivity contribution < 1.29 is 4.74 Å². The number of fused-ring (bicyclic) bond motifs is 1. The zero-order valence-electron chi connectivity index (χ0n) is 14.2. The van der Waals surface area contributed by atoms with Crippen molar-refractivity contribution in [2.45, 2.75) is 44.9 Å². The molecule has 2 fully saturated rings. The van der Waals surface area contributed by atoms with Crippen molar-refractivity contribution in [2.75, 3.05) is 30.5 Å².